The van der Waals surface area contributed by atoms with Crippen LogP contribution >= 0.6 is 15.9 Å². The highest BCUT2D eigenvalue weighted by Gasteiger charge is 2.05. The van der Waals surface area contributed by atoms with E-state index in [1.54, 1.807) is 12.1 Å². The number of benzene rings is 2. The Labute approximate surface area is 138 Å². The van der Waals surface area contributed by atoms with Crippen LogP contribution in [0, 0.1) is 5.82 Å². The molecule has 1 N–H and O–H groups in total. The number of hydrogen-bond donors (Lipinski definition) is 1. The predicted octanol–water partition coefficient (Wildman–Crippen LogP) is 5.36. The summed E-state index contributed by atoms with van der Waals surface area (Å²) in [5, 5.41) is 2.52. The quantitative estimate of drug-likeness (QED) is 0.729. The molecule has 0 bridgehead atoms. The van der Waals surface area contributed by atoms with E-state index in [1.165, 1.54) is 23.8 Å². The van der Waals surface area contributed by atoms with Gasteiger partial charge in [0.05, 0.1) is 5.69 Å². The molecule has 0 aromatic heterocycles. The van der Waals surface area contributed by atoms with E-state index in [0.29, 0.717) is 10.4 Å². The maximum absolute atomic E-state index is 13.6. The van der Waals surface area contributed by atoms with Crippen LogP contribution in [0.1, 0.15) is 30.9 Å². The van der Waals surface area contributed by atoms with E-state index in [2.05, 4.69) is 35.1 Å². The van der Waals surface area contributed by atoms with E-state index in [4.69, 9.17) is 0 Å². The smallest absolute Gasteiger partial charge is 0.248 e. The summed E-state index contributed by atoms with van der Waals surface area (Å²) < 4.78 is 14.3. The van der Waals surface area contributed by atoms with Crippen molar-refractivity contribution in [2.75, 3.05) is 5.32 Å². The van der Waals surface area contributed by atoms with Crippen LogP contribution in [0.25, 0.3) is 6.08 Å². The van der Waals surface area contributed by atoms with Gasteiger partial charge in [0.2, 0.25) is 5.91 Å². The van der Waals surface area contributed by atoms with Gasteiger partial charge in [-0.05, 0) is 41.3 Å². The van der Waals surface area contributed by atoms with Gasteiger partial charge in [-0.1, -0.05) is 54.0 Å². The van der Waals surface area contributed by atoms with E-state index in [1.807, 2.05) is 24.3 Å². The second kappa shape index (κ2) is 7.36. The molecule has 22 heavy (non-hydrogen) atoms. The van der Waals surface area contributed by atoms with Gasteiger partial charge in [0.25, 0.3) is 0 Å². The topological polar surface area (TPSA) is 29.1 Å². The predicted molar refractivity (Wildman–Crippen MR) is 92.3 cm³/mol. The van der Waals surface area contributed by atoms with Gasteiger partial charge in [0, 0.05) is 10.5 Å². The third kappa shape index (κ3) is 4.53. The van der Waals surface area contributed by atoms with E-state index in [-0.39, 0.29) is 11.6 Å². The molecule has 0 aliphatic carbocycles. The van der Waals surface area contributed by atoms with Crippen LogP contribution in [0.5, 0.6) is 0 Å². The molecular formula is C18H17BrFNO. The zero-order chi connectivity index (χ0) is 16.1. The fourth-order valence-electron chi connectivity index (χ4n) is 1.93. The third-order valence-corrected chi connectivity index (χ3v) is 3.71. The fraction of sp³-hybridized carbons (Fsp3) is 0.167. The highest BCUT2D eigenvalue weighted by atomic mass is 79.9. The molecule has 0 radical (unpaired) electrons. The molecule has 2 rings (SSSR count). The maximum Gasteiger partial charge on any atom is 0.248 e. The summed E-state index contributed by atoms with van der Waals surface area (Å²) in [5.74, 6) is -0.367. The lowest BCUT2D eigenvalue weighted by Crippen LogP contribution is -2.09. The molecular weight excluding hydrogens is 345 g/mol. The highest BCUT2D eigenvalue weighted by Crippen LogP contribution is 2.19. The van der Waals surface area contributed by atoms with E-state index < -0.39 is 5.82 Å². The summed E-state index contributed by atoms with van der Waals surface area (Å²) in [6.45, 7) is 4.26. The van der Waals surface area contributed by atoms with Crippen LogP contribution in [0.15, 0.2) is 53.0 Å². The van der Waals surface area contributed by atoms with Crippen LogP contribution < -0.4 is 5.32 Å². The normalized spacial score (nSPS) is 11.1. The lowest BCUT2D eigenvalue weighted by molar-refractivity contribution is -0.111. The summed E-state index contributed by atoms with van der Waals surface area (Å²) >= 11 is 3.17. The Hall–Kier alpha value is -1.94. The molecule has 0 fully saturated rings. The van der Waals surface area contributed by atoms with Gasteiger partial charge in [-0.25, -0.2) is 4.39 Å². The minimum Gasteiger partial charge on any atom is -0.320 e. The van der Waals surface area contributed by atoms with Crippen molar-refractivity contribution in [3.63, 3.8) is 0 Å². The van der Waals surface area contributed by atoms with Crippen LogP contribution in [-0.2, 0) is 4.79 Å². The van der Waals surface area contributed by atoms with Crippen LogP contribution in [0.2, 0.25) is 0 Å². The van der Waals surface area contributed by atoms with Crippen molar-refractivity contribution in [2.45, 2.75) is 19.8 Å². The number of halogens is 2. The van der Waals surface area contributed by atoms with Gasteiger partial charge >= 0.3 is 0 Å². The van der Waals surface area contributed by atoms with Crippen LogP contribution in [0.3, 0.4) is 0 Å². The lowest BCUT2D eigenvalue weighted by Gasteiger charge is -2.05. The number of nitrogens with one attached hydrogen (secondary N) is 1. The third-order valence-electron chi connectivity index (χ3n) is 3.22. The van der Waals surface area contributed by atoms with Crippen molar-refractivity contribution in [3.05, 3.63) is 70.0 Å². The Morgan fingerprint density at radius 3 is 2.45 bits per heavy atom. The Balaban J connectivity index is 2.01. The summed E-state index contributed by atoms with van der Waals surface area (Å²) in [7, 11) is 0. The van der Waals surface area contributed by atoms with E-state index in [0.717, 1.165) is 5.56 Å². The fourth-order valence-corrected chi connectivity index (χ4v) is 2.26. The molecule has 0 heterocycles. The van der Waals surface area contributed by atoms with Crippen molar-refractivity contribution >= 4 is 33.6 Å². The zero-order valence-corrected chi connectivity index (χ0v) is 14.0. The minimum atomic E-state index is -0.475. The SMILES string of the molecule is CC(C)c1ccc(/C=C/C(=O)Nc2ccc(Br)cc2F)cc1. The van der Waals surface area contributed by atoms with Gasteiger partial charge in [0.1, 0.15) is 5.82 Å². The molecule has 4 heteroatoms. The molecule has 0 saturated heterocycles. The number of carbonyl (C=O) groups is 1. The first kappa shape index (κ1) is 16.4. The monoisotopic (exact) mass is 361 g/mol. The van der Waals surface area contributed by atoms with Gasteiger partial charge < -0.3 is 5.32 Å². The highest BCUT2D eigenvalue weighted by molar-refractivity contribution is 9.10. The summed E-state index contributed by atoms with van der Waals surface area (Å²) in [6, 6.07) is 12.5. The van der Waals surface area contributed by atoms with Crippen LogP contribution in [0.4, 0.5) is 10.1 Å². The van der Waals surface area contributed by atoms with Gasteiger partial charge in [-0.3, -0.25) is 4.79 Å². The van der Waals surface area contributed by atoms with E-state index >= 15 is 0 Å². The molecule has 2 nitrogen and oxygen atoms in total. The molecule has 2 aromatic carbocycles. The standard InChI is InChI=1S/C18H17BrFNO/c1-12(2)14-6-3-13(4-7-14)5-10-18(22)21-17-9-8-15(19)11-16(17)20/h3-12H,1-2H3,(H,21,22)/b10-5+. The van der Waals surface area contributed by atoms with Crippen molar-refractivity contribution in [1.29, 1.82) is 0 Å². The van der Waals surface area contributed by atoms with E-state index in [9.17, 15) is 9.18 Å². The average Bonchev–Trinajstić information content (AvgIpc) is 2.48. The minimum absolute atomic E-state index is 0.160. The summed E-state index contributed by atoms with van der Waals surface area (Å²) in [5.41, 5.74) is 2.34. The van der Waals surface area contributed by atoms with Crippen molar-refractivity contribution in [1.82, 2.24) is 0 Å². The molecule has 0 spiro atoms. The second-order valence-electron chi connectivity index (χ2n) is 5.27. The zero-order valence-electron chi connectivity index (χ0n) is 12.4. The van der Waals surface area contributed by atoms with Gasteiger partial charge in [-0.15, -0.1) is 0 Å². The Morgan fingerprint density at radius 1 is 1.18 bits per heavy atom. The molecule has 0 atom stereocenters. The number of amides is 1. The Kier molecular flexibility index (Phi) is 5.50. The molecule has 114 valence electrons. The molecule has 0 aliphatic rings. The van der Waals surface area contributed by atoms with Gasteiger partial charge in [0.15, 0.2) is 0 Å². The Morgan fingerprint density at radius 2 is 1.86 bits per heavy atom. The molecule has 0 unspecified atom stereocenters. The number of rotatable bonds is 4. The van der Waals surface area contributed by atoms with Crippen LogP contribution in [-0.4, -0.2) is 5.91 Å². The lowest BCUT2D eigenvalue weighted by atomic mass is 10.0. The number of hydrogen-bond acceptors (Lipinski definition) is 1. The summed E-state index contributed by atoms with van der Waals surface area (Å²) in [4.78, 5) is 11.8. The number of carbonyl (C=O) groups excluding carboxylic acids is 1. The molecule has 1 amide bonds. The maximum atomic E-state index is 13.6. The van der Waals surface area contributed by atoms with Gasteiger partial charge in [-0.2, -0.15) is 0 Å². The molecule has 0 saturated carbocycles. The second-order valence-corrected chi connectivity index (χ2v) is 6.18. The first-order chi connectivity index (χ1) is 10.5. The number of anilines is 1. The first-order valence-corrected chi connectivity index (χ1v) is 7.79. The largest absolute Gasteiger partial charge is 0.320 e. The summed E-state index contributed by atoms with van der Waals surface area (Å²) in [6.07, 6.45) is 3.10. The average molecular weight is 362 g/mol. The molecule has 0 aliphatic heterocycles. The Bertz CT molecular complexity index is 693. The first-order valence-electron chi connectivity index (χ1n) is 7.00. The van der Waals surface area contributed by atoms with Crippen molar-refractivity contribution in [3.8, 4) is 0 Å². The van der Waals surface area contributed by atoms with Crippen molar-refractivity contribution < 1.29 is 9.18 Å². The molecule has 2 aromatic rings. The van der Waals surface area contributed by atoms with Crippen molar-refractivity contribution in [2.24, 2.45) is 0 Å².